The number of hydrogen-bond acceptors (Lipinski definition) is 7. The Hall–Kier alpha value is -4.70. The third-order valence-electron chi connectivity index (χ3n) is 5.18. The van der Waals surface area contributed by atoms with Gasteiger partial charge in [0.05, 0.1) is 22.7 Å². The molecule has 0 unspecified atom stereocenters. The predicted molar refractivity (Wildman–Crippen MR) is 131 cm³/mol. The van der Waals surface area contributed by atoms with Crippen molar-refractivity contribution in [3.05, 3.63) is 98.6 Å². The van der Waals surface area contributed by atoms with Gasteiger partial charge in [-0.15, -0.1) is 0 Å². The minimum absolute atomic E-state index is 0.0206. The average Bonchev–Trinajstić information content (AvgIpc) is 2.86. The number of rotatable bonds is 7. The molecule has 0 spiro atoms. The highest BCUT2D eigenvalue weighted by Gasteiger charge is 2.36. The van der Waals surface area contributed by atoms with Gasteiger partial charge in [-0.05, 0) is 41.5 Å². The highest BCUT2D eigenvalue weighted by molar-refractivity contribution is 6.39. The smallest absolute Gasteiger partial charge is 0.335 e. The molecule has 1 aliphatic rings. The number of halogens is 1. The fraction of sp³-hybridized carbons (Fsp3) is 0.0800. The van der Waals surface area contributed by atoms with Crippen LogP contribution in [0.1, 0.15) is 11.1 Å². The summed E-state index contributed by atoms with van der Waals surface area (Å²) in [6.07, 6.45) is 1.29. The quantitative estimate of drug-likeness (QED) is 0.216. The van der Waals surface area contributed by atoms with Gasteiger partial charge in [0.1, 0.15) is 12.2 Å². The fourth-order valence-corrected chi connectivity index (χ4v) is 3.79. The summed E-state index contributed by atoms with van der Waals surface area (Å²) in [5.41, 5.74) is 0.847. The number of benzene rings is 3. The van der Waals surface area contributed by atoms with Crippen molar-refractivity contribution in [2.75, 3.05) is 12.0 Å². The number of amides is 4. The number of para-hydroxylation sites is 1. The first-order valence-corrected chi connectivity index (χ1v) is 10.9. The SMILES string of the molecule is COc1cc(/C=C2\C(=O)NC(=O)N(c3ccccc3)C2=O)cc(Cl)c1OCc1cccc([N+](=O)[O-])c1. The van der Waals surface area contributed by atoms with Crippen LogP contribution in [0.4, 0.5) is 16.2 Å². The van der Waals surface area contributed by atoms with Crippen molar-refractivity contribution in [3.8, 4) is 11.5 Å². The number of nitrogens with one attached hydrogen (secondary N) is 1. The lowest BCUT2D eigenvalue weighted by atomic mass is 10.1. The summed E-state index contributed by atoms with van der Waals surface area (Å²) in [5, 5.41) is 13.3. The summed E-state index contributed by atoms with van der Waals surface area (Å²) in [6.45, 7) is -0.0206. The monoisotopic (exact) mass is 507 g/mol. The maximum Gasteiger partial charge on any atom is 0.335 e. The Bertz CT molecular complexity index is 1410. The zero-order valence-electron chi connectivity index (χ0n) is 18.8. The zero-order valence-corrected chi connectivity index (χ0v) is 19.5. The van der Waals surface area contributed by atoms with Crippen molar-refractivity contribution in [3.63, 3.8) is 0 Å². The van der Waals surface area contributed by atoms with Crippen molar-refractivity contribution in [1.82, 2.24) is 5.32 Å². The molecule has 1 fully saturated rings. The van der Waals surface area contributed by atoms with Crippen LogP contribution in [0.5, 0.6) is 11.5 Å². The van der Waals surface area contributed by atoms with Crippen LogP contribution in [0.2, 0.25) is 5.02 Å². The number of carbonyl (C=O) groups is 3. The van der Waals surface area contributed by atoms with Crippen molar-refractivity contribution in [2.24, 2.45) is 0 Å². The Kier molecular flexibility index (Phi) is 6.98. The number of hydrogen-bond donors (Lipinski definition) is 1. The largest absolute Gasteiger partial charge is 0.493 e. The Morgan fingerprint density at radius 1 is 1.06 bits per heavy atom. The maximum absolute atomic E-state index is 13.0. The number of methoxy groups -OCH3 is 1. The molecule has 4 amide bonds. The molecule has 182 valence electrons. The Morgan fingerprint density at radius 2 is 1.81 bits per heavy atom. The van der Waals surface area contributed by atoms with Gasteiger partial charge < -0.3 is 9.47 Å². The van der Waals surface area contributed by atoms with E-state index < -0.39 is 22.8 Å². The maximum atomic E-state index is 13.0. The first-order chi connectivity index (χ1) is 17.3. The van der Waals surface area contributed by atoms with E-state index in [-0.39, 0.29) is 34.4 Å². The molecule has 0 saturated carbocycles. The molecule has 36 heavy (non-hydrogen) atoms. The number of urea groups is 1. The fourth-order valence-electron chi connectivity index (χ4n) is 3.51. The van der Waals surface area contributed by atoms with Crippen molar-refractivity contribution < 1.29 is 28.8 Å². The molecule has 0 atom stereocenters. The van der Waals surface area contributed by atoms with E-state index in [1.165, 1.54) is 37.5 Å². The molecule has 10 nitrogen and oxygen atoms in total. The number of nitro groups is 1. The lowest BCUT2D eigenvalue weighted by Crippen LogP contribution is -2.54. The number of nitro benzene ring substituents is 1. The molecule has 3 aromatic rings. The lowest BCUT2D eigenvalue weighted by molar-refractivity contribution is -0.384. The Labute approximate surface area is 209 Å². The molecule has 1 N–H and O–H groups in total. The molecule has 11 heteroatoms. The second kappa shape index (κ2) is 10.3. The molecule has 0 aromatic heterocycles. The van der Waals surface area contributed by atoms with Crippen LogP contribution in [0.25, 0.3) is 6.08 Å². The molecule has 1 saturated heterocycles. The Balaban J connectivity index is 1.62. The molecule has 0 radical (unpaired) electrons. The van der Waals surface area contributed by atoms with E-state index in [1.807, 2.05) is 0 Å². The molecule has 1 aliphatic heterocycles. The van der Waals surface area contributed by atoms with Crippen LogP contribution in [0, 0.1) is 10.1 Å². The number of nitrogens with zero attached hydrogens (tertiary/aromatic N) is 2. The van der Waals surface area contributed by atoms with Crippen molar-refractivity contribution >= 4 is 46.9 Å². The molecular weight excluding hydrogens is 490 g/mol. The number of carbonyl (C=O) groups excluding carboxylic acids is 3. The van der Waals surface area contributed by atoms with E-state index in [9.17, 15) is 24.5 Å². The van der Waals surface area contributed by atoms with Crippen LogP contribution >= 0.6 is 11.6 Å². The van der Waals surface area contributed by atoms with Gasteiger partial charge in [-0.25, -0.2) is 9.69 Å². The molecule has 4 rings (SSSR count). The summed E-state index contributed by atoms with van der Waals surface area (Å²) in [6, 6.07) is 16.3. The minimum atomic E-state index is -0.853. The first-order valence-electron chi connectivity index (χ1n) is 10.5. The summed E-state index contributed by atoms with van der Waals surface area (Å²) in [7, 11) is 1.39. The summed E-state index contributed by atoms with van der Waals surface area (Å²) < 4.78 is 11.1. The minimum Gasteiger partial charge on any atom is -0.493 e. The van der Waals surface area contributed by atoms with Gasteiger partial charge in [0, 0.05) is 12.1 Å². The van der Waals surface area contributed by atoms with Gasteiger partial charge in [0.2, 0.25) is 0 Å². The number of imide groups is 2. The standard InChI is InChI=1S/C25H18ClN3O7/c1-35-21-13-16(12-20(26)22(21)36-14-15-6-5-9-18(10-15)29(33)34)11-19-23(30)27-25(32)28(24(19)31)17-7-3-2-4-8-17/h2-13H,14H2,1H3,(H,27,30,32)/b19-11+. The van der Waals surface area contributed by atoms with Gasteiger partial charge in [-0.3, -0.25) is 25.0 Å². The number of anilines is 1. The average molecular weight is 508 g/mol. The summed E-state index contributed by atoms with van der Waals surface area (Å²) in [5.74, 6) is -1.26. The topological polar surface area (TPSA) is 128 Å². The van der Waals surface area contributed by atoms with E-state index >= 15 is 0 Å². The molecule has 0 bridgehead atoms. The number of barbiturate groups is 1. The van der Waals surface area contributed by atoms with Crippen LogP contribution in [0.3, 0.4) is 0 Å². The Morgan fingerprint density at radius 3 is 2.50 bits per heavy atom. The number of ether oxygens (including phenoxy) is 2. The van der Waals surface area contributed by atoms with E-state index in [1.54, 1.807) is 42.5 Å². The first kappa shape index (κ1) is 24.4. The molecule has 3 aromatic carbocycles. The highest BCUT2D eigenvalue weighted by atomic mass is 35.5. The van der Waals surface area contributed by atoms with Gasteiger partial charge in [0.15, 0.2) is 11.5 Å². The van der Waals surface area contributed by atoms with Crippen LogP contribution < -0.4 is 19.7 Å². The predicted octanol–water partition coefficient (Wildman–Crippen LogP) is 4.50. The second-order valence-electron chi connectivity index (χ2n) is 7.54. The van der Waals surface area contributed by atoms with Crippen molar-refractivity contribution in [2.45, 2.75) is 6.61 Å². The van der Waals surface area contributed by atoms with Gasteiger partial charge >= 0.3 is 6.03 Å². The van der Waals surface area contributed by atoms with E-state index in [2.05, 4.69) is 5.32 Å². The van der Waals surface area contributed by atoms with Gasteiger partial charge in [0.25, 0.3) is 17.5 Å². The van der Waals surface area contributed by atoms with E-state index in [0.717, 1.165) is 4.90 Å². The molecular formula is C25H18ClN3O7. The third-order valence-corrected chi connectivity index (χ3v) is 5.46. The van der Waals surface area contributed by atoms with Crippen LogP contribution in [-0.4, -0.2) is 29.9 Å². The molecule has 0 aliphatic carbocycles. The normalized spacial score (nSPS) is 14.6. The van der Waals surface area contributed by atoms with E-state index in [4.69, 9.17) is 21.1 Å². The van der Waals surface area contributed by atoms with Crippen LogP contribution in [0.15, 0.2) is 72.3 Å². The third kappa shape index (κ3) is 5.03. The van der Waals surface area contributed by atoms with Crippen molar-refractivity contribution in [1.29, 1.82) is 0 Å². The van der Waals surface area contributed by atoms with E-state index in [0.29, 0.717) is 16.8 Å². The second-order valence-corrected chi connectivity index (χ2v) is 7.95. The number of non-ortho nitro benzene ring substituents is 1. The molecule has 1 heterocycles. The summed E-state index contributed by atoms with van der Waals surface area (Å²) >= 11 is 6.41. The zero-order chi connectivity index (χ0) is 25.8. The van der Waals surface area contributed by atoms with Crippen LogP contribution in [-0.2, 0) is 16.2 Å². The van der Waals surface area contributed by atoms with Gasteiger partial charge in [-0.1, -0.05) is 41.9 Å². The highest BCUT2D eigenvalue weighted by Crippen LogP contribution is 2.38. The summed E-state index contributed by atoms with van der Waals surface area (Å²) in [4.78, 5) is 49.1. The lowest BCUT2D eigenvalue weighted by Gasteiger charge is -2.26. The van der Waals surface area contributed by atoms with Gasteiger partial charge in [-0.2, -0.15) is 0 Å².